The molecular formula is C24H24F2N4O3. The van der Waals surface area contributed by atoms with Crippen LogP contribution in [0.2, 0.25) is 0 Å². The van der Waals surface area contributed by atoms with Crippen LogP contribution in [-0.2, 0) is 22.7 Å². The highest BCUT2D eigenvalue weighted by Gasteiger charge is 2.39. The lowest BCUT2D eigenvalue weighted by Gasteiger charge is -2.36. The average molecular weight is 454 g/mol. The van der Waals surface area contributed by atoms with Gasteiger partial charge in [0.2, 0.25) is 11.8 Å². The molecule has 7 nitrogen and oxygen atoms in total. The fraction of sp³-hybridized carbons (Fsp3) is 0.375. The van der Waals surface area contributed by atoms with Crippen molar-refractivity contribution in [2.75, 3.05) is 31.1 Å². The number of halogens is 2. The molecule has 2 fully saturated rings. The number of rotatable bonds is 4. The third-order valence-corrected chi connectivity index (χ3v) is 6.60. The highest BCUT2D eigenvalue weighted by Crippen LogP contribution is 2.33. The highest BCUT2D eigenvalue weighted by molar-refractivity contribution is 6.05. The van der Waals surface area contributed by atoms with E-state index in [2.05, 4.69) is 10.2 Å². The summed E-state index contributed by atoms with van der Waals surface area (Å²) in [5.74, 6) is -1.93. The smallest absolute Gasteiger partial charge is 0.255 e. The third kappa shape index (κ3) is 4.20. The molecule has 9 heteroatoms. The molecule has 1 atom stereocenters. The number of anilines is 1. The molecular weight excluding hydrogens is 430 g/mol. The molecule has 2 aromatic carbocycles. The minimum absolute atomic E-state index is 0.177. The van der Waals surface area contributed by atoms with Gasteiger partial charge in [-0.05, 0) is 41.8 Å². The van der Waals surface area contributed by atoms with Crippen LogP contribution < -0.4 is 10.2 Å². The van der Waals surface area contributed by atoms with Crippen molar-refractivity contribution in [3.63, 3.8) is 0 Å². The van der Waals surface area contributed by atoms with Crippen molar-refractivity contribution >= 4 is 23.4 Å². The Balaban J connectivity index is 1.27. The number of carbonyl (C=O) groups is 3. The molecule has 3 aliphatic heterocycles. The summed E-state index contributed by atoms with van der Waals surface area (Å²) in [5.41, 5.74) is 2.30. The normalized spacial score (nSPS) is 21.4. The van der Waals surface area contributed by atoms with Crippen molar-refractivity contribution in [2.24, 2.45) is 0 Å². The van der Waals surface area contributed by atoms with Gasteiger partial charge in [0.05, 0.1) is 5.69 Å². The largest absolute Gasteiger partial charge is 0.367 e. The molecule has 1 N–H and O–H groups in total. The van der Waals surface area contributed by atoms with Crippen LogP contribution in [0.1, 0.15) is 34.3 Å². The Morgan fingerprint density at radius 3 is 2.52 bits per heavy atom. The van der Waals surface area contributed by atoms with Gasteiger partial charge in [0.25, 0.3) is 5.91 Å². The summed E-state index contributed by atoms with van der Waals surface area (Å²) in [5, 5.41) is 2.27. The van der Waals surface area contributed by atoms with Crippen LogP contribution in [0.15, 0.2) is 36.4 Å². The zero-order valence-electron chi connectivity index (χ0n) is 18.0. The monoisotopic (exact) mass is 454 g/mol. The van der Waals surface area contributed by atoms with Gasteiger partial charge in [0.15, 0.2) is 0 Å². The van der Waals surface area contributed by atoms with Crippen LogP contribution in [0, 0.1) is 11.6 Å². The van der Waals surface area contributed by atoms with Gasteiger partial charge in [0, 0.05) is 51.3 Å². The maximum Gasteiger partial charge on any atom is 0.255 e. The van der Waals surface area contributed by atoms with Crippen molar-refractivity contribution in [3.8, 4) is 0 Å². The molecule has 5 rings (SSSR count). The molecule has 33 heavy (non-hydrogen) atoms. The first-order valence-corrected chi connectivity index (χ1v) is 11.1. The van der Waals surface area contributed by atoms with Crippen LogP contribution in [0.3, 0.4) is 0 Å². The minimum atomic E-state index is -0.722. The predicted molar refractivity (Wildman–Crippen MR) is 116 cm³/mol. The van der Waals surface area contributed by atoms with Gasteiger partial charge in [-0.1, -0.05) is 12.1 Å². The maximum atomic E-state index is 15.0. The molecule has 0 saturated carbocycles. The quantitative estimate of drug-likeness (QED) is 0.716. The predicted octanol–water partition coefficient (Wildman–Crippen LogP) is 2.05. The van der Waals surface area contributed by atoms with E-state index in [0.717, 1.165) is 5.56 Å². The molecule has 0 spiro atoms. The second kappa shape index (κ2) is 8.55. The van der Waals surface area contributed by atoms with Gasteiger partial charge < -0.3 is 9.80 Å². The zero-order chi connectivity index (χ0) is 23.1. The Labute approximate surface area is 189 Å². The number of carbonyl (C=O) groups excluding carboxylic acids is 3. The van der Waals surface area contributed by atoms with E-state index in [1.165, 1.54) is 23.1 Å². The number of benzene rings is 2. The summed E-state index contributed by atoms with van der Waals surface area (Å²) in [6, 6.07) is 8.78. The summed E-state index contributed by atoms with van der Waals surface area (Å²) in [7, 11) is 0. The minimum Gasteiger partial charge on any atom is -0.367 e. The van der Waals surface area contributed by atoms with Gasteiger partial charge in [0.1, 0.15) is 17.7 Å². The fourth-order valence-corrected chi connectivity index (χ4v) is 4.86. The van der Waals surface area contributed by atoms with Crippen molar-refractivity contribution in [1.82, 2.24) is 15.1 Å². The number of fused-ring (bicyclic) bond motifs is 1. The molecule has 3 heterocycles. The van der Waals surface area contributed by atoms with Crippen LogP contribution in [0.25, 0.3) is 0 Å². The first-order valence-electron chi connectivity index (χ1n) is 11.1. The van der Waals surface area contributed by atoms with Gasteiger partial charge in [-0.2, -0.15) is 0 Å². The average Bonchev–Trinajstić information content (AvgIpc) is 3.09. The number of nitrogens with one attached hydrogen (secondary N) is 1. The summed E-state index contributed by atoms with van der Waals surface area (Å²) >= 11 is 0. The van der Waals surface area contributed by atoms with E-state index in [-0.39, 0.29) is 42.6 Å². The van der Waals surface area contributed by atoms with Crippen LogP contribution in [-0.4, -0.2) is 59.7 Å². The number of hydrogen-bond acceptors (Lipinski definition) is 5. The molecule has 0 aliphatic carbocycles. The van der Waals surface area contributed by atoms with Crippen molar-refractivity contribution in [3.05, 3.63) is 64.7 Å². The molecule has 2 aromatic rings. The Hall–Kier alpha value is -3.33. The lowest BCUT2D eigenvalue weighted by atomic mass is 10.0. The molecule has 2 saturated heterocycles. The molecule has 172 valence electrons. The van der Waals surface area contributed by atoms with Gasteiger partial charge >= 0.3 is 0 Å². The van der Waals surface area contributed by atoms with E-state index >= 15 is 0 Å². The second-order valence-corrected chi connectivity index (χ2v) is 8.75. The van der Waals surface area contributed by atoms with E-state index in [0.29, 0.717) is 44.0 Å². The summed E-state index contributed by atoms with van der Waals surface area (Å²) in [6.45, 7) is 3.47. The highest BCUT2D eigenvalue weighted by atomic mass is 19.1. The zero-order valence-corrected chi connectivity index (χ0v) is 18.0. The molecule has 0 bridgehead atoms. The van der Waals surface area contributed by atoms with Gasteiger partial charge in [-0.15, -0.1) is 0 Å². The van der Waals surface area contributed by atoms with E-state index in [1.807, 2.05) is 11.0 Å². The Morgan fingerprint density at radius 2 is 1.79 bits per heavy atom. The van der Waals surface area contributed by atoms with Crippen LogP contribution >= 0.6 is 0 Å². The van der Waals surface area contributed by atoms with Crippen molar-refractivity contribution in [1.29, 1.82) is 0 Å². The van der Waals surface area contributed by atoms with E-state index < -0.39 is 17.8 Å². The van der Waals surface area contributed by atoms with Crippen molar-refractivity contribution < 1.29 is 23.2 Å². The van der Waals surface area contributed by atoms with E-state index in [1.54, 1.807) is 12.1 Å². The SMILES string of the molecule is O=C1CCC(N2Cc3cc(N4CCN(Cc5cccc(F)c5)CC4)c(F)cc3C2=O)C(=O)N1. The summed E-state index contributed by atoms with van der Waals surface area (Å²) in [6.07, 6.45) is 0.447. The molecule has 3 amide bonds. The van der Waals surface area contributed by atoms with E-state index in [9.17, 15) is 23.2 Å². The summed E-state index contributed by atoms with van der Waals surface area (Å²) < 4.78 is 28.4. The summed E-state index contributed by atoms with van der Waals surface area (Å²) in [4.78, 5) is 42.1. The molecule has 1 unspecified atom stereocenters. The van der Waals surface area contributed by atoms with Crippen LogP contribution in [0.5, 0.6) is 0 Å². The van der Waals surface area contributed by atoms with Crippen molar-refractivity contribution in [2.45, 2.75) is 32.0 Å². The molecule has 3 aliphatic rings. The maximum absolute atomic E-state index is 15.0. The standard InChI is InChI=1S/C24H24F2N4O3/c25-17-3-1-2-15(10-17)13-28-6-8-29(9-7-28)21-11-16-14-30(24(33)18(16)12-19(21)26)20-4-5-22(31)27-23(20)32/h1-3,10-12,20H,4-9,13-14H2,(H,27,31,32). The Morgan fingerprint density at radius 1 is 1.00 bits per heavy atom. The number of hydrogen-bond donors (Lipinski definition) is 1. The van der Waals surface area contributed by atoms with Gasteiger partial charge in [-0.3, -0.25) is 24.6 Å². The van der Waals surface area contributed by atoms with E-state index in [4.69, 9.17) is 0 Å². The number of piperazine rings is 1. The van der Waals surface area contributed by atoms with Gasteiger partial charge in [-0.25, -0.2) is 8.78 Å². The number of piperidine rings is 1. The first kappa shape index (κ1) is 21.5. The van der Waals surface area contributed by atoms with Crippen LogP contribution in [0.4, 0.5) is 14.5 Å². The Bertz CT molecular complexity index is 1130. The Kier molecular flexibility index (Phi) is 5.57. The topological polar surface area (TPSA) is 73.0 Å². The fourth-order valence-electron chi connectivity index (χ4n) is 4.86. The number of nitrogens with zero attached hydrogens (tertiary/aromatic N) is 3. The molecule has 0 aromatic heterocycles. The lowest BCUT2D eigenvalue weighted by molar-refractivity contribution is -0.136. The number of imide groups is 1. The lowest BCUT2D eigenvalue weighted by Crippen LogP contribution is -2.52. The number of amides is 3. The first-order chi connectivity index (χ1) is 15.9. The third-order valence-electron chi connectivity index (χ3n) is 6.60. The second-order valence-electron chi connectivity index (χ2n) is 8.75. The molecule has 0 radical (unpaired) electrons.